The monoisotopic (exact) mass is 217 g/mol. The van der Waals surface area contributed by atoms with E-state index in [4.69, 9.17) is 5.73 Å². The van der Waals surface area contributed by atoms with Crippen molar-refractivity contribution in [2.24, 2.45) is 17.6 Å². The third-order valence-corrected chi connectivity index (χ3v) is 3.56. The van der Waals surface area contributed by atoms with Crippen LogP contribution in [0.15, 0.2) is 30.3 Å². The molecule has 1 aliphatic carbocycles. The maximum atomic E-state index is 12.3. The summed E-state index contributed by atoms with van der Waals surface area (Å²) in [5.74, 6) is 0.864. The van der Waals surface area contributed by atoms with Crippen LogP contribution in [0.4, 0.5) is 0 Å². The van der Waals surface area contributed by atoms with Gasteiger partial charge in [0.05, 0.1) is 0 Å². The van der Waals surface area contributed by atoms with E-state index in [0.29, 0.717) is 5.92 Å². The Morgan fingerprint density at radius 2 is 1.94 bits per heavy atom. The Kier molecular flexibility index (Phi) is 3.39. The summed E-state index contributed by atoms with van der Waals surface area (Å²) in [5, 5.41) is 0. The van der Waals surface area contributed by atoms with E-state index in [-0.39, 0.29) is 17.7 Å². The van der Waals surface area contributed by atoms with Gasteiger partial charge in [0.25, 0.3) is 0 Å². The van der Waals surface area contributed by atoms with Gasteiger partial charge in [-0.05, 0) is 25.2 Å². The first-order valence-corrected chi connectivity index (χ1v) is 6.03. The predicted octanol–water partition coefficient (Wildman–Crippen LogP) is 2.63. The van der Waals surface area contributed by atoms with Crippen molar-refractivity contribution in [3.63, 3.8) is 0 Å². The minimum atomic E-state index is 0.0196. The van der Waals surface area contributed by atoms with Crippen molar-refractivity contribution in [3.8, 4) is 0 Å². The molecule has 16 heavy (non-hydrogen) atoms. The van der Waals surface area contributed by atoms with Gasteiger partial charge in [0.15, 0.2) is 5.78 Å². The van der Waals surface area contributed by atoms with E-state index in [2.05, 4.69) is 6.92 Å². The molecule has 0 bridgehead atoms. The van der Waals surface area contributed by atoms with Gasteiger partial charge in [-0.2, -0.15) is 0 Å². The first-order valence-electron chi connectivity index (χ1n) is 6.03. The Morgan fingerprint density at radius 3 is 2.62 bits per heavy atom. The van der Waals surface area contributed by atoms with Gasteiger partial charge in [-0.1, -0.05) is 37.3 Å². The summed E-state index contributed by atoms with van der Waals surface area (Å²) in [6.07, 6.45) is 3.07. The first kappa shape index (κ1) is 11.3. The molecule has 1 saturated carbocycles. The summed E-state index contributed by atoms with van der Waals surface area (Å²) in [6.45, 7) is 2.21. The number of hydrogen-bond acceptors (Lipinski definition) is 2. The summed E-state index contributed by atoms with van der Waals surface area (Å²) in [5.41, 5.74) is 6.86. The average molecular weight is 217 g/mol. The van der Waals surface area contributed by atoms with Crippen molar-refractivity contribution < 1.29 is 4.79 Å². The van der Waals surface area contributed by atoms with E-state index in [1.807, 2.05) is 30.3 Å². The van der Waals surface area contributed by atoms with Crippen molar-refractivity contribution in [3.05, 3.63) is 35.9 Å². The fourth-order valence-electron chi connectivity index (χ4n) is 2.52. The highest BCUT2D eigenvalue weighted by atomic mass is 16.1. The normalized spacial score (nSPS) is 30.0. The van der Waals surface area contributed by atoms with E-state index in [9.17, 15) is 4.79 Å². The van der Waals surface area contributed by atoms with E-state index >= 15 is 0 Å². The smallest absolute Gasteiger partial charge is 0.167 e. The average Bonchev–Trinajstić information content (AvgIpc) is 2.32. The second kappa shape index (κ2) is 4.79. The highest BCUT2D eigenvalue weighted by Gasteiger charge is 2.31. The molecule has 1 aromatic rings. The van der Waals surface area contributed by atoms with Crippen LogP contribution in [-0.4, -0.2) is 11.8 Å². The number of carbonyl (C=O) groups excluding carboxylic acids is 1. The molecule has 3 unspecified atom stereocenters. The van der Waals surface area contributed by atoms with Crippen LogP contribution in [0.1, 0.15) is 36.5 Å². The molecule has 3 atom stereocenters. The van der Waals surface area contributed by atoms with Gasteiger partial charge < -0.3 is 5.73 Å². The minimum absolute atomic E-state index is 0.0196. The summed E-state index contributed by atoms with van der Waals surface area (Å²) >= 11 is 0. The van der Waals surface area contributed by atoms with E-state index in [1.54, 1.807) is 0 Å². The zero-order valence-corrected chi connectivity index (χ0v) is 9.73. The molecule has 86 valence electrons. The molecule has 0 radical (unpaired) electrons. The third-order valence-electron chi connectivity index (χ3n) is 3.56. The molecule has 2 N–H and O–H groups in total. The van der Waals surface area contributed by atoms with E-state index in [1.165, 1.54) is 0 Å². The van der Waals surface area contributed by atoms with Gasteiger partial charge in [0.1, 0.15) is 0 Å². The third kappa shape index (κ3) is 2.33. The maximum absolute atomic E-state index is 12.3. The topological polar surface area (TPSA) is 43.1 Å². The fraction of sp³-hybridized carbons (Fsp3) is 0.500. The number of ketones is 1. The molecule has 2 nitrogen and oxygen atoms in total. The van der Waals surface area contributed by atoms with Crippen molar-refractivity contribution in [2.45, 2.75) is 32.2 Å². The Morgan fingerprint density at radius 1 is 1.25 bits per heavy atom. The Bertz CT molecular complexity index is 360. The molecule has 1 aliphatic rings. The number of benzene rings is 1. The Balaban J connectivity index is 2.15. The standard InChI is InChI=1S/C14H19NO/c1-10-7-8-13(15)12(9-10)14(16)11-5-3-2-4-6-11/h2-6,10,12-13H,7-9,15H2,1H3. The van der Waals surface area contributed by atoms with Crippen LogP contribution in [0.3, 0.4) is 0 Å². The molecule has 0 saturated heterocycles. The Labute approximate surface area is 96.8 Å². The highest BCUT2D eigenvalue weighted by Crippen LogP contribution is 2.30. The van der Waals surface area contributed by atoms with Gasteiger partial charge in [-0.15, -0.1) is 0 Å². The van der Waals surface area contributed by atoms with Crippen LogP contribution in [0.2, 0.25) is 0 Å². The minimum Gasteiger partial charge on any atom is -0.327 e. The second-order valence-electron chi connectivity index (χ2n) is 4.92. The number of carbonyl (C=O) groups is 1. The zero-order chi connectivity index (χ0) is 11.5. The lowest BCUT2D eigenvalue weighted by molar-refractivity contribution is 0.0845. The van der Waals surface area contributed by atoms with Crippen LogP contribution in [0, 0.1) is 11.8 Å². The summed E-state index contributed by atoms with van der Waals surface area (Å²) in [7, 11) is 0. The van der Waals surface area contributed by atoms with Gasteiger partial charge in [0.2, 0.25) is 0 Å². The number of hydrogen-bond donors (Lipinski definition) is 1. The zero-order valence-electron chi connectivity index (χ0n) is 9.73. The molecule has 1 aromatic carbocycles. The molecule has 0 spiro atoms. The molecule has 0 amide bonds. The van der Waals surface area contributed by atoms with E-state index < -0.39 is 0 Å². The molecule has 0 aliphatic heterocycles. The predicted molar refractivity (Wildman–Crippen MR) is 65.3 cm³/mol. The number of rotatable bonds is 2. The largest absolute Gasteiger partial charge is 0.327 e. The second-order valence-corrected chi connectivity index (χ2v) is 4.92. The fourth-order valence-corrected chi connectivity index (χ4v) is 2.52. The molecule has 2 rings (SSSR count). The molecule has 0 aromatic heterocycles. The lowest BCUT2D eigenvalue weighted by Gasteiger charge is -2.31. The van der Waals surface area contributed by atoms with Crippen LogP contribution in [0.5, 0.6) is 0 Å². The molecule has 2 heteroatoms. The van der Waals surface area contributed by atoms with Gasteiger partial charge >= 0.3 is 0 Å². The summed E-state index contributed by atoms with van der Waals surface area (Å²) in [6, 6.07) is 9.56. The summed E-state index contributed by atoms with van der Waals surface area (Å²) in [4.78, 5) is 12.3. The number of nitrogens with two attached hydrogens (primary N) is 1. The highest BCUT2D eigenvalue weighted by molar-refractivity contribution is 5.98. The van der Waals surface area contributed by atoms with Crippen LogP contribution < -0.4 is 5.73 Å². The maximum Gasteiger partial charge on any atom is 0.167 e. The van der Waals surface area contributed by atoms with Gasteiger partial charge in [0, 0.05) is 17.5 Å². The molecular weight excluding hydrogens is 198 g/mol. The molecule has 0 heterocycles. The van der Waals surface area contributed by atoms with Crippen molar-refractivity contribution in [1.82, 2.24) is 0 Å². The van der Waals surface area contributed by atoms with Crippen LogP contribution >= 0.6 is 0 Å². The molecule has 1 fully saturated rings. The lowest BCUT2D eigenvalue weighted by Crippen LogP contribution is -2.40. The number of Topliss-reactive ketones (excluding diaryl/α,β-unsaturated/α-hetero) is 1. The summed E-state index contributed by atoms with van der Waals surface area (Å²) < 4.78 is 0. The van der Waals surface area contributed by atoms with Crippen LogP contribution in [0.25, 0.3) is 0 Å². The molecular formula is C14H19NO. The van der Waals surface area contributed by atoms with Crippen molar-refractivity contribution in [2.75, 3.05) is 0 Å². The van der Waals surface area contributed by atoms with Crippen LogP contribution in [-0.2, 0) is 0 Å². The first-order chi connectivity index (χ1) is 7.68. The van der Waals surface area contributed by atoms with Gasteiger partial charge in [-0.3, -0.25) is 4.79 Å². The quantitative estimate of drug-likeness (QED) is 0.774. The lowest BCUT2D eigenvalue weighted by atomic mass is 9.76. The van der Waals surface area contributed by atoms with Gasteiger partial charge in [-0.25, -0.2) is 0 Å². The Hall–Kier alpha value is -1.15. The van der Waals surface area contributed by atoms with Crippen molar-refractivity contribution >= 4 is 5.78 Å². The SMILES string of the molecule is CC1CCC(N)C(C(=O)c2ccccc2)C1. The van der Waals surface area contributed by atoms with Crippen molar-refractivity contribution in [1.29, 1.82) is 0 Å². The van der Waals surface area contributed by atoms with E-state index in [0.717, 1.165) is 24.8 Å².